The maximum absolute atomic E-state index is 5.82. The minimum absolute atomic E-state index is 0.459. The lowest BCUT2D eigenvalue weighted by Gasteiger charge is -2.05. The van der Waals surface area contributed by atoms with Crippen molar-refractivity contribution in [2.45, 2.75) is 46.3 Å². The van der Waals surface area contributed by atoms with Crippen LogP contribution in [0, 0.1) is 0 Å². The monoisotopic (exact) mass is 247 g/mol. The van der Waals surface area contributed by atoms with Crippen molar-refractivity contribution in [3.8, 4) is 11.6 Å². The average Bonchev–Trinajstić information content (AvgIpc) is 2.94. The Morgan fingerprint density at radius 3 is 2.94 bits per heavy atom. The molecule has 0 bridgehead atoms. The molecule has 0 spiro atoms. The van der Waals surface area contributed by atoms with Crippen molar-refractivity contribution in [1.29, 1.82) is 0 Å². The van der Waals surface area contributed by atoms with E-state index in [2.05, 4.69) is 35.6 Å². The summed E-state index contributed by atoms with van der Waals surface area (Å²) in [7, 11) is 0. The summed E-state index contributed by atoms with van der Waals surface area (Å²) >= 11 is 0. The van der Waals surface area contributed by atoms with Gasteiger partial charge in [-0.1, -0.05) is 20.8 Å². The van der Waals surface area contributed by atoms with Gasteiger partial charge in [0.1, 0.15) is 5.76 Å². The van der Waals surface area contributed by atoms with E-state index in [9.17, 15) is 0 Å². The zero-order chi connectivity index (χ0) is 13.0. The van der Waals surface area contributed by atoms with Crippen molar-refractivity contribution in [1.82, 2.24) is 14.9 Å². The maximum Gasteiger partial charge on any atom is 0.176 e. The second kappa shape index (κ2) is 5.87. The molecule has 0 saturated carbocycles. The van der Waals surface area contributed by atoms with Gasteiger partial charge in [0, 0.05) is 25.0 Å². The molecular weight excluding hydrogens is 226 g/mol. The quantitative estimate of drug-likeness (QED) is 0.853. The molecule has 0 saturated heterocycles. The number of nitrogens with one attached hydrogen (secondary N) is 1. The Balaban J connectivity index is 2.11. The summed E-state index contributed by atoms with van der Waals surface area (Å²) in [5.41, 5.74) is 0. The predicted molar refractivity (Wildman–Crippen MR) is 72.2 cm³/mol. The Hall–Kier alpha value is -1.55. The number of aromatic nitrogens is 2. The van der Waals surface area contributed by atoms with E-state index in [1.807, 2.05) is 24.5 Å². The summed E-state index contributed by atoms with van der Waals surface area (Å²) in [4.78, 5) is 4.36. The van der Waals surface area contributed by atoms with Crippen LogP contribution in [-0.2, 0) is 13.1 Å². The molecular formula is C14H21N3O. The van der Waals surface area contributed by atoms with E-state index in [-0.39, 0.29) is 0 Å². The van der Waals surface area contributed by atoms with Gasteiger partial charge in [-0.15, -0.1) is 0 Å². The van der Waals surface area contributed by atoms with Gasteiger partial charge >= 0.3 is 0 Å². The van der Waals surface area contributed by atoms with Crippen LogP contribution in [0.2, 0.25) is 0 Å². The molecule has 0 aliphatic heterocycles. The molecule has 2 aromatic rings. The molecule has 4 nitrogen and oxygen atoms in total. The van der Waals surface area contributed by atoms with Gasteiger partial charge in [-0.25, -0.2) is 4.98 Å². The highest BCUT2D eigenvalue weighted by Crippen LogP contribution is 2.20. The summed E-state index contributed by atoms with van der Waals surface area (Å²) in [6, 6.07) is 4.46. The number of aryl methyl sites for hydroxylation is 1. The highest BCUT2D eigenvalue weighted by atomic mass is 16.3. The first kappa shape index (κ1) is 12.9. The first-order valence-electron chi connectivity index (χ1n) is 6.54. The first-order chi connectivity index (χ1) is 8.70. The Bertz CT molecular complexity index is 485. The van der Waals surface area contributed by atoms with Crippen LogP contribution >= 0.6 is 0 Å². The highest BCUT2D eigenvalue weighted by Gasteiger charge is 2.10. The van der Waals surface area contributed by atoms with Gasteiger partial charge in [0.15, 0.2) is 11.6 Å². The molecule has 18 heavy (non-hydrogen) atoms. The van der Waals surface area contributed by atoms with Crippen molar-refractivity contribution in [2.75, 3.05) is 0 Å². The predicted octanol–water partition coefficient (Wildman–Crippen LogP) is 3.05. The van der Waals surface area contributed by atoms with E-state index in [0.29, 0.717) is 6.04 Å². The van der Waals surface area contributed by atoms with Gasteiger partial charge in [0.2, 0.25) is 0 Å². The third-order valence-corrected chi connectivity index (χ3v) is 2.75. The summed E-state index contributed by atoms with van der Waals surface area (Å²) in [6.07, 6.45) is 4.90. The van der Waals surface area contributed by atoms with Crippen molar-refractivity contribution in [2.24, 2.45) is 0 Å². The Labute approximate surface area is 108 Å². The summed E-state index contributed by atoms with van der Waals surface area (Å²) < 4.78 is 7.94. The standard InChI is InChI=1S/C14H21N3O/c1-4-8-17-9-7-15-14(17)13-6-5-12(18-13)10-16-11(2)3/h5-7,9,11,16H,4,8,10H2,1-3H3. The number of nitrogens with zero attached hydrogens (tertiary/aromatic N) is 2. The largest absolute Gasteiger partial charge is 0.456 e. The SMILES string of the molecule is CCCn1ccnc1-c1ccc(CNC(C)C)o1. The van der Waals surface area contributed by atoms with Crippen LogP contribution in [0.15, 0.2) is 28.9 Å². The lowest BCUT2D eigenvalue weighted by atomic mass is 10.3. The number of hydrogen-bond donors (Lipinski definition) is 1. The van der Waals surface area contributed by atoms with Crippen LogP contribution < -0.4 is 5.32 Å². The molecule has 4 heteroatoms. The maximum atomic E-state index is 5.82. The van der Waals surface area contributed by atoms with Crippen molar-refractivity contribution < 1.29 is 4.42 Å². The van der Waals surface area contributed by atoms with Crippen molar-refractivity contribution in [3.63, 3.8) is 0 Å². The molecule has 98 valence electrons. The number of rotatable bonds is 6. The minimum Gasteiger partial charge on any atom is -0.456 e. The molecule has 0 aromatic carbocycles. The van der Waals surface area contributed by atoms with E-state index >= 15 is 0 Å². The molecule has 2 rings (SSSR count). The van der Waals surface area contributed by atoms with Gasteiger partial charge < -0.3 is 14.3 Å². The fourth-order valence-electron chi connectivity index (χ4n) is 1.85. The molecule has 0 amide bonds. The van der Waals surface area contributed by atoms with Crippen LogP contribution in [0.3, 0.4) is 0 Å². The molecule has 0 aliphatic carbocycles. The molecule has 0 radical (unpaired) electrons. The summed E-state index contributed by atoms with van der Waals surface area (Å²) in [5, 5.41) is 3.34. The smallest absolute Gasteiger partial charge is 0.176 e. The van der Waals surface area contributed by atoms with Crippen LogP contribution in [0.4, 0.5) is 0 Å². The van der Waals surface area contributed by atoms with E-state index in [1.54, 1.807) is 0 Å². The third kappa shape index (κ3) is 3.01. The van der Waals surface area contributed by atoms with Crippen LogP contribution in [-0.4, -0.2) is 15.6 Å². The lowest BCUT2D eigenvalue weighted by Crippen LogP contribution is -2.21. The van der Waals surface area contributed by atoms with Gasteiger partial charge in [-0.05, 0) is 18.6 Å². The molecule has 2 aromatic heterocycles. The van der Waals surface area contributed by atoms with Gasteiger partial charge in [0.25, 0.3) is 0 Å². The second-order valence-corrected chi connectivity index (χ2v) is 4.75. The lowest BCUT2D eigenvalue weighted by molar-refractivity contribution is 0.469. The van der Waals surface area contributed by atoms with E-state index in [1.165, 1.54) is 0 Å². The fraction of sp³-hybridized carbons (Fsp3) is 0.500. The Kier molecular flexibility index (Phi) is 4.20. The summed E-state index contributed by atoms with van der Waals surface area (Å²) in [5.74, 6) is 2.70. The third-order valence-electron chi connectivity index (χ3n) is 2.75. The molecule has 0 atom stereocenters. The number of furan rings is 1. The normalized spacial score (nSPS) is 11.3. The summed E-state index contributed by atoms with van der Waals surface area (Å²) in [6.45, 7) is 8.13. The zero-order valence-corrected chi connectivity index (χ0v) is 11.3. The van der Waals surface area contributed by atoms with E-state index in [0.717, 1.165) is 36.9 Å². The molecule has 0 aliphatic rings. The Morgan fingerprint density at radius 2 is 2.22 bits per heavy atom. The van der Waals surface area contributed by atoms with Crippen molar-refractivity contribution in [3.05, 3.63) is 30.3 Å². The number of hydrogen-bond acceptors (Lipinski definition) is 3. The van der Waals surface area contributed by atoms with E-state index < -0.39 is 0 Å². The van der Waals surface area contributed by atoms with E-state index in [4.69, 9.17) is 4.42 Å². The zero-order valence-electron chi connectivity index (χ0n) is 11.3. The highest BCUT2D eigenvalue weighted by molar-refractivity contribution is 5.47. The second-order valence-electron chi connectivity index (χ2n) is 4.75. The van der Waals surface area contributed by atoms with Gasteiger partial charge in [0.05, 0.1) is 6.54 Å². The molecule has 2 heterocycles. The Morgan fingerprint density at radius 1 is 1.39 bits per heavy atom. The number of imidazole rings is 1. The fourth-order valence-corrected chi connectivity index (χ4v) is 1.85. The van der Waals surface area contributed by atoms with Crippen LogP contribution in [0.1, 0.15) is 33.0 Å². The van der Waals surface area contributed by atoms with Crippen LogP contribution in [0.25, 0.3) is 11.6 Å². The van der Waals surface area contributed by atoms with Crippen LogP contribution in [0.5, 0.6) is 0 Å². The molecule has 0 fully saturated rings. The average molecular weight is 247 g/mol. The van der Waals surface area contributed by atoms with Crippen molar-refractivity contribution >= 4 is 0 Å². The molecule has 0 unspecified atom stereocenters. The topological polar surface area (TPSA) is 43.0 Å². The first-order valence-corrected chi connectivity index (χ1v) is 6.54. The van der Waals surface area contributed by atoms with Gasteiger partial charge in [-0.3, -0.25) is 0 Å². The minimum atomic E-state index is 0.459. The van der Waals surface area contributed by atoms with Gasteiger partial charge in [-0.2, -0.15) is 0 Å². The molecule has 1 N–H and O–H groups in total.